The molecule has 0 spiro atoms. The number of halogens is 1. The van der Waals surface area contributed by atoms with Crippen LogP contribution in [0.15, 0.2) is 59.6 Å². The summed E-state index contributed by atoms with van der Waals surface area (Å²) in [6, 6.07) is 15.4. The second kappa shape index (κ2) is 8.80. The van der Waals surface area contributed by atoms with E-state index in [-0.39, 0.29) is 0 Å². The maximum absolute atomic E-state index is 13.0. The van der Waals surface area contributed by atoms with Crippen LogP contribution in [0, 0.1) is 5.92 Å². The minimum Gasteiger partial charge on any atom is -0.292 e. The number of aliphatic imine (C=N–C) groups is 1. The summed E-state index contributed by atoms with van der Waals surface area (Å²) in [6.45, 7) is 2.30. The predicted octanol–water partition coefficient (Wildman–Crippen LogP) is 3.63. The van der Waals surface area contributed by atoms with E-state index in [1.54, 1.807) is 24.3 Å². The van der Waals surface area contributed by atoms with Gasteiger partial charge in [0.1, 0.15) is 0 Å². The highest BCUT2D eigenvalue weighted by Gasteiger charge is 2.43. The number of nitrogens with one attached hydrogen (secondary N) is 1. The number of barbiturate groups is 1. The van der Waals surface area contributed by atoms with Crippen LogP contribution < -0.4 is 10.2 Å². The molecule has 1 unspecified atom stereocenters. The van der Waals surface area contributed by atoms with Gasteiger partial charge in [0.25, 0.3) is 5.91 Å². The molecule has 0 bridgehead atoms. The van der Waals surface area contributed by atoms with E-state index in [2.05, 4.69) is 10.3 Å². The van der Waals surface area contributed by atoms with Crippen molar-refractivity contribution < 1.29 is 14.4 Å². The lowest BCUT2D eigenvalue weighted by molar-refractivity contribution is -0.131. The number of rotatable bonds is 6. The van der Waals surface area contributed by atoms with Gasteiger partial charge >= 0.3 is 6.03 Å². The van der Waals surface area contributed by atoms with Crippen LogP contribution in [0.1, 0.15) is 18.9 Å². The average molecular weight is 398 g/mol. The molecule has 1 heterocycles. The second-order valence-corrected chi connectivity index (χ2v) is 6.78. The maximum Gasteiger partial charge on any atom is 0.335 e. The number of anilines is 1. The molecule has 144 valence electrons. The lowest BCUT2D eigenvalue weighted by Crippen LogP contribution is -2.60. The summed E-state index contributed by atoms with van der Waals surface area (Å²) in [7, 11) is 0. The van der Waals surface area contributed by atoms with E-state index < -0.39 is 23.8 Å². The van der Waals surface area contributed by atoms with Crippen LogP contribution in [-0.4, -0.2) is 30.1 Å². The molecule has 6 nitrogen and oxygen atoms in total. The number of carbonyl (C=O) groups is 3. The van der Waals surface area contributed by atoms with Crippen molar-refractivity contribution >= 4 is 40.8 Å². The molecule has 1 aliphatic rings. The van der Waals surface area contributed by atoms with Gasteiger partial charge in [0.15, 0.2) is 5.92 Å². The molecule has 3 rings (SSSR count). The number of imide groups is 2. The van der Waals surface area contributed by atoms with Gasteiger partial charge in [-0.05, 0) is 42.7 Å². The number of benzene rings is 2. The SMILES string of the molecule is CCC(=NCCc1ccccc1)C1C(=O)NC(=O)N(c2ccc(Cl)cc2)C1=O. The molecule has 1 atom stereocenters. The zero-order valence-corrected chi connectivity index (χ0v) is 16.1. The fourth-order valence-electron chi connectivity index (χ4n) is 3.08. The van der Waals surface area contributed by atoms with Gasteiger partial charge in [-0.25, -0.2) is 9.69 Å². The number of hydrogen-bond donors (Lipinski definition) is 1. The molecule has 1 aliphatic heterocycles. The first-order chi connectivity index (χ1) is 13.5. The Labute approximate surface area is 168 Å². The monoisotopic (exact) mass is 397 g/mol. The standard InChI is InChI=1S/C21H20ClN3O3/c1-2-17(23-13-12-14-6-4-3-5-7-14)18-19(26)24-21(28)25(20(18)27)16-10-8-15(22)9-11-16/h3-11,18H,2,12-13H2,1H3,(H,24,26,28). The molecule has 2 aromatic carbocycles. The van der Waals surface area contributed by atoms with Crippen molar-refractivity contribution in [3.05, 3.63) is 65.2 Å². The minimum atomic E-state index is -1.12. The second-order valence-electron chi connectivity index (χ2n) is 6.34. The van der Waals surface area contributed by atoms with Crippen LogP contribution in [0.4, 0.5) is 10.5 Å². The van der Waals surface area contributed by atoms with Gasteiger partial charge in [0.05, 0.1) is 5.69 Å². The van der Waals surface area contributed by atoms with Crippen LogP contribution in [0.2, 0.25) is 5.02 Å². The van der Waals surface area contributed by atoms with Crippen molar-refractivity contribution in [3.63, 3.8) is 0 Å². The van der Waals surface area contributed by atoms with Crippen molar-refractivity contribution in [2.75, 3.05) is 11.4 Å². The van der Waals surface area contributed by atoms with E-state index in [1.807, 2.05) is 37.3 Å². The van der Waals surface area contributed by atoms with Gasteiger partial charge in [-0.15, -0.1) is 0 Å². The number of amides is 4. The number of urea groups is 1. The van der Waals surface area contributed by atoms with E-state index in [0.717, 1.165) is 10.5 Å². The highest BCUT2D eigenvalue weighted by atomic mass is 35.5. The van der Waals surface area contributed by atoms with Crippen molar-refractivity contribution in [3.8, 4) is 0 Å². The minimum absolute atomic E-state index is 0.351. The first-order valence-corrected chi connectivity index (χ1v) is 9.40. The van der Waals surface area contributed by atoms with E-state index in [1.165, 1.54) is 0 Å². The Balaban J connectivity index is 1.82. The molecule has 4 amide bonds. The normalized spacial score (nSPS) is 17.6. The largest absolute Gasteiger partial charge is 0.335 e. The van der Waals surface area contributed by atoms with Gasteiger partial charge in [-0.3, -0.25) is 19.9 Å². The molecule has 1 N–H and O–H groups in total. The third-order valence-electron chi connectivity index (χ3n) is 4.50. The lowest BCUT2D eigenvalue weighted by Gasteiger charge is -2.30. The molecule has 2 aromatic rings. The molecular formula is C21H20ClN3O3. The third kappa shape index (κ3) is 4.28. The molecule has 0 aromatic heterocycles. The molecular weight excluding hydrogens is 378 g/mol. The van der Waals surface area contributed by atoms with Gasteiger partial charge < -0.3 is 0 Å². The smallest absolute Gasteiger partial charge is 0.292 e. The Morgan fingerprint density at radius 3 is 2.39 bits per heavy atom. The summed E-state index contributed by atoms with van der Waals surface area (Å²) < 4.78 is 0. The van der Waals surface area contributed by atoms with Crippen LogP contribution >= 0.6 is 11.6 Å². The van der Waals surface area contributed by atoms with Crippen molar-refractivity contribution in [1.29, 1.82) is 0 Å². The summed E-state index contributed by atoms with van der Waals surface area (Å²) in [6.07, 6.45) is 1.13. The first-order valence-electron chi connectivity index (χ1n) is 9.02. The Bertz CT molecular complexity index is 910. The first kappa shape index (κ1) is 19.8. The highest BCUT2D eigenvalue weighted by Crippen LogP contribution is 2.24. The summed E-state index contributed by atoms with van der Waals surface area (Å²) in [4.78, 5) is 43.1. The van der Waals surface area contributed by atoms with E-state index in [0.29, 0.717) is 35.8 Å². The van der Waals surface area contributed by atoms with Gasteiger partial charge in [0, 0.05) is 17.3 Å². The number of hydrogen-bond acceptors (Lipinski definition) is 4. The average Bonchev–Trinajstić information content (AvgIpc) is 2.68. The van der Waals surface area contributed by atoms with E-state index >= 15 is 0 Å². The van der Waals surface area contributed by atoms with E-state index in [4.69, 9.17) is 11.6 Å². The molecule has 1 fully saturated rings. The predicted molar refractivity (Wildman–Crippen MR) is 109 cm³/mol. The Morgan fingerprint density at radius 1 is 1.07 bits per heavy atom. The Kier molecular flexibility index (Phi) is 6.21. The fraction of sp³-hybridized carbons (Fsp3) is 0.238. The fourth-order valence-corrected chi connectivity index (χ4v) is 3.21. The summed E-state index contributed by atoms with van der Waals surface area (Å²) in [5.41, 5.74) is 1.94. The quantitative estimate of drug-likeness (QED) is 0.597. The van der Waals surface area contributed by atoms with Crippen molar-refractivity contribution in [1.82, 2.24) is 5.32 Å². The van der Waals surface area contributed by atoms with Gasteiger partial charge in [-0.1, -0.05) is 48.9 Å². The summed E-state index contributed by atoms with van der Waals surface area (Å²) >= 11 is 5.88. The summed E-state index contributed by atoms with van der Waals surface area (Å²) in [5.74, 6) is -2.36. The molecule has 1 saturated heterocycles. The van der Waals surface area contributed by atoms with Gasteiger partial charge in [0.2, 0.25) is 5.91 Å². The number of carbonyl (C=O) groups excluding carboxylic acids is 3. The third-order valence-corrected chi connectivity index (χ3v) is 4.75. The van der Waals surface area contributed by atoms with Crippen LogP contribution in [0.25, 0.3) is 0 Å². The molecule has 0 radical (unpaired) electrons. The van der Waals surface area contributed by atoms with Crippen molar-refractivity contribution in [2.24, 2.45) is 10.9 Å². The number of nitrogens with zero attached hydrogens (tertiary/aromatic N) is 2. The van der Waals surface area contributed by atoms with Crippen LogP contribution in [0.3, 0.4) is 0 Å². The molecule has 7 heteroatoms. The Morgan fingerprint density at radius 2 is 1.75 bits per heavy atom. The zero-order chi connectivity index (χ0) is 20.1. The highest BCUT2D eigenvalue weighted by molar-refractivity contribution is 6.35. The molecule has 0 aliphatic carbocycles. The van der Waals surface area contributed by atoms with Gasteiger partial charge in [-0.2, -0.15) is 0 Å². The van der Waals surface area contributed by atoms with E-state index in [9.17, 15) is 14.4 Å². The topological polar surface area (TPSA) is 78.8 Å². The van der Waals surface area contributed by atoms with Crippen LogP contribution in [0.5, 0.6) is 0 Å². The molecule has 28 heavy (non-hydrogen) atoms. The Hall–Kier alpha value is -2.99. The van der Waals surface area contributed by atoms with Crippen LogP contribution in [-0.2, 0) is 16.0 Å². The zero-order valence-electron chi connectivity index (χ0n) is 15.4. The lowest BCUT2D eigenvalue weighted by atomic mass is 9.96. The summed E-state index contributed by atoms with van der Waals surface area (Å²) in [5, 5.41) is 2.74. The molecule has 0 saturated carbocycles. The van der Waals surface area contributed by atoms with Crippen molar-refractivity contribution in [2.45, 2.75) is 19.8 Å². The maximum atomic E-state index is 13.0.